The zero-order valence-corrected chi connectivity index (χ0v) is 16.4. The number of fused-ring (bicyclic) bond motifs is 1. The molecule has 0 saturated carbocycles. The summed E-state index contributed by atoms with van der Waals surface area (Å²) < 4.78 is 5.14. The van der Waals surface area contributed by atoms with Gasteiger partial charge in [-0.3, -0.25) is 4.79 Å². The third-order valence-electron chi connectivity index (χ3n) is 4.34. The molecule has 3 heterocycles. The molecule has 0 aliphatic carbocycles. The Morgan fingerprint density at radius 3 is 2.57 bits per heavy atom. The molecule has 28 heavy (non-hydrogen) atoms. The van der Waals surface area contributed by atoms with Gasteiger partial charge in [0.15, 0.2) is 0 Å². The molecule has 8 heteroatoms. The smallest absolute Gasteiger partial charge is 0.205 e. The molecular formula is C20H14N4O2S2. The fourth-order valence-electron chi connectivity index (χ4n) is 2.99. The molecule has 0 atom stereocenters. The van der Waals surface area contributed by atoms with Gasteiger partial charge in [0, 0.05) is 21.4 Å². The molecule has 0 aliphatic heterocycles. The first-order chi connectivity index (χ1) is 13.5. The van der Waals surface area contributed by atoms with Crippen LogP contribution in [0.4, 0.5) is 11.5 Å². The van der Waals surface area contributed by atoms with Gasteiger partial charge in [0.1, 0.15) is 32.9 Å². The predicted molar refractivity (Wildman–Crippen MR) is 113 cm³/mol. The summed E-state index contributed by atoms with van der Waals surface area (Å²) in [6.07, 6.45) is 0. The first-order valence-corrected chi connectivity index (χ1v) is 9.89. The number of benzene rings is 1. The van der Waals surface area contributed by atoms with E-state index in [4.69, 9.17) is 16.2 Å². The number of carbonyl (C=O) groups is 1. The standard InChI is InChI=1S/C20H14N4O2S2/c1-26-11-6-4-10(5-7-11)17(25)18-16(22)15-14(13-3-2-8-27-13)12(9-21)19(23)24-20(15)28-18/h2-8H,22H2,1H3,(H2,23,24). The Hall–Kier alpha value is -3.41. The minimum atomic E-state index is -0.211. The lowest BCUT2D eigenvalue weighted by molar-refractivity contribution is 0.104. The topological polar surface area (TPSA) is 115 Å². The van der Waals surface area contributed by atoms with Gasteiger partial charge in [0.2, 0.25) is 5.78 Å². The summed E-state index contributed by atoms with van der Waals surface area (Å²) >= 11 is 2.65. The Kier molecular flexibility index (Phi) is 4.47. The summed E-state index contributed by atoms with van der Waals surface area (Å²) in [6.45, 7) is 0. The van der Waals surface area contributed by atoms with Crippen molar-refractivity contribution in [1.82, 2.24) is 4.98 Å². The van der Waals surface area contributed by atoms with Crippen molar-refractivity contribution in [3.05, 3.63) is 57.8 Å². The number of rotatable bonds is 4. The maximum absolute atomic E-state index is 13.0. The summed E-state index contributed by atoms with van der Waals surface area (Å²) in [5.74, 6) is 0.578. The Labute approximate surface area is 168 Å². The van der Waals surface area contributed by atoms with Crippen LogP contribution in [0.3, 0.4) is 0 Å². The zero-order chi connectivity index (χ0) is 19.8. The number of nitrogen functional groups attached to an aromatic ring is 2. The van der Waals surface area contributed by atoms with Crippen molar-refractivity contribution in [2.24, 2.45) is 0 Å². The summed E-state index contributed by atoms with van der Waals surface area (Å²) in [5.41, 5.74) is 14.1. The van der Waals surface area contributed by atoms with Crippen molar-refractivity contribution < 1.29 is 9.53 Å². The highest BCUT2D eigenvalue weighted by molar-refractivity contribution is 7.21. The number of nitriles is 1. The molecule has 4 rings (SSSR count). The number of ether oxygens (including phenoxy) is 1. The third-order valence-corrected chi connectivity index (χ3v) is 6.33. The summed E-state index contributed by atoms with van der Waals surface area (Å²) in [4.78, 5) is 19.1. The number of pyridine rings is 1. The second-order valence-corrected chi connectivity index (χ2v) is 7.87. The van der Waals surface area contributed by atoms with Gasteiger partial charge in [-0.1, -0.05) is 6.07 Å². The predicted octanol–water partition coefficient (Wildman–Crippen LogP) is 4.30. The third kappa shape index (κ3) is 2.78. The molecule has 0 fully saturated rings. The van der Waals surface area contributed by atoms with E-state index >= 15 is 0 Å². The van der Waals surface area contributed by atoms with Crippen molar-refractivity contribution in [2.75, 3.05) is 18.6 Å². The molecule has 0 bridgehead atoms. The van der Waals surface area contributed by atoms with E-state index in [1.54, 1.807) is 31.4 Å². The summed E-state index contributed by atoms with van der Waals surface area (Å²) in [5, 5.41) is 12.1. The maximum Gasteiger partial charge on any atom is 0.205 e. The minimum absolute atomic E-state index is 0.128. The van der Waals surface area contributed by atoms with Crippen LogP contribution >= 0.6 is 22.7 Å². The molecule has 0 saturated heterocycles. The van der Waals surface area contributed by atoms with Gasteiger partial charge >= 0.3 is 0 Å². The van der Waals surface area contributed by atoms with Gasteiger partial charge in [-0.2, -0.15) is 5.26 Å². The number of methoxy groups -OCH3 is 1. The fraction of sp³-hybridized carbons (Fsp3) is 0.0500. The summed E-state index contributed by atoms with van der Waals surface area (Å²) in [7, 11) is 1.57. The molecular weight excluding hydrogens is 392 g/mol. The van der Waals surface area contributed by atoms with E-state index in [-0.39, 0.29) is 17.2 Å². The number of aromatic nitrogens is 1. The lowest BCUT2D eigenvalue weighted by atomic mass is 10.0. The highest BCUT2D eigenvalue weighted by Gasteiger charge is 2.25. The average molecular weight is 406 g/mol. The molecule has 0 aliphatic rings. The van der Waals surface area contributed by atoms with E-state index in [1.807, 2.05) is 17.5 Å². The van der Waals surface area contributed by atoms with Crippen LogP contribution in [-0.2, 0) is 0 Å². The Morgan fingerprint density at radius 1 is 1.21 bits per heavy atom. The van der Waals surface area contributed by atoms with E-state index < -0.39 is 0 Å². The zero-order valence-electron chi connectivity index (χ0n) is 14.7. The number of hydrogen-bond donors (Lipinski definition) is 2. The SMILES string of the molecule is COc1ccc(C(=O)c2sc3nc(N)c(C#N)c(-c4cccs4)c3c2N)cc1. The van der Waals surface area contributed by atoms with E-state index in [2.05, 4.69) is 11.1 Å². The molecule has 0 amide bonds. The maximum atomic E-state index is 13.0. The lowest BCUT2D eigenvalue weighted by Crippen LogP contribution is -2.02. The van der Waals surface area contributed by atoms with Crippen LogP contribution in [-0.4, -0.2) is 17.9 Å². The molecule has 6 nitrogen and oxygen atoms in total. The highest BCUT2D eigenvalue weighted by Crippen LogP contribution is 2.44. The summed E-state index contributed by atoms with van der Waals surface area (Å²) in [6, 6.07) is 12.7. The molecule has 138 valence electrons. The van der Waals surface area contributed by atoms with Gasteiger partial charge in [0.25, 0.3) is 0 Å². The Bertz CT molecular complexity index is 1240. The monoisotopic (exact) mass is 406 g/mol. The molecule has 4 aromatic rings. The number of ketones is 1. The first-order valence-electron chi connectivity index (χ1n) is 8.19. The minimum Gasteiger partial charge on any atom is -0.497 e. The second kappa shape index (κ2) is 6.96. The van der Waals surface area contributed by atoms with E-state index in [0.717, 1.165) is 4.88 Å². The van der Waals surface area contributed by atoms with Crippen LogP contribution < -0.4 is 16.2 Å². The normalized spacial score (nSPS) is 10.7. The average Bonchev–Trinajstić information content (AvgIpc) is 3.35. The molecule has 0 spiro atoms. The van der Waals surface area contributed by atoms with Crippen LogP contribution in [0, 0.1) is 11.3 Å². The van der Waals surface area contributed by atoms with Crippen LogP contribution in [0.1, 0.15) is 20.8 Å². The number of carbonyl (C=O) groups excluding carboxylic acids is 1. The Balaban J connectivity index is 1.95. The molecule has 3 aromatic heterocycles. The number of hydrogen-bond acceptors (Lipinski definition) is 8. The van der Waals surface area contributed by atoms with Crippen molar-refractivity contribution in [3.8, 4) is 22.3 Å². The molecule has 1 aromatic carbocycles. The van der Waals surface area contributed by atoms with E-state index in [0.29, 0.717) is 37.7 Å². The van der Waals surface area contributed by atoms with Gasteiger partial charge in [-0.25, -0.2) is 4.98 Å². The van der Waals surface area contributed by atoms with Crippen LogP contribution in [0.2, 0.25) is 0 Å². The van der Waals surface area contributed by atoms with Crippen LogP contribution in [0.15, 0.2) is 41.8 Å². The molecule has 4 N–H and O–H groups in total. The van der Waals surface area contributed by atoms with Gasteiger partial charge in [0.05, 0.1) is 12.8 Å². The van der Waals surface area contributed by atoms with Gasteiger partial charge < -0.3 is 16.2 Å². The van der Waals surface area contributed by atoms with E-state index in [1.165, 1.54) is 22.7 Å². The fourth-order valence-corrected chi connectivity index (χ4v) is 4.85. The Morgan fingerprint density at radius 2 is 1.96 bits per heavy atom. The van der Waals surface area contributed by atoms with Crippen LogP contribution in [0.25, 0.3) is 20.7 Å². The number of thiophene rings is 2. The van der Waals surface area contributed by atoms with Crippen molar-refractivity contribution in [2.45, 2.75) is 0 Å². The quantitative estimate of drug-likeness (QED) is 0.488. The van der Waals surface area contributed by atoms with Gasteiger partial charge in [-0.15, -0.1) is 22.7 Å². The molecule has 0 unspecified atom stereocenters. The van der Waals surface area contributed by atoms with Crippen LogP contribution in [0.5, 0.6) is 5.75 Å². The number of anilines is 2. The lowest BCUT2D eigenvalue weighted by Gasteiger charge is -2.07. The second-order valence-electron chi connectivity index (χ2n) is 5.92. The first kappa shape index (κ1) is 18.0. The number of nitrogens with two attached hydrogens (primary N) is 2. The van der Waals surface area contributed by atoms with Gasteiger partial charge in [-0.05, 0) is 35.7 Å². The van der Waals surface area contributed by atoms with Crippen molar-refractivity contribution >= 4 is 50.2 Å². The number of nitrogens with zero attached hydrogens (tertiary/aromatic N) is 2. The van der Waals surface area contributed by atoms with Crippen molar-refractivity contribution in [1.29, 1.82) is 5.26 Å². The molecule has 0 radical (unpaired) electrons. The van der Waals surface area contributed by atoms with E-state index in [9.17, 15) is 10.1 Å². The largest absolute Gasteiger partial charge is 0.497 e. The highest BCUT2D eigenvalue weighted by atomic mass is 32.1. The van der Waals surface area contributed by atoms with Crippen molar-refractivity contribution in [3.63, 3.8) is 0 Å².